The Kier molecular flexibility index (Phi) is 11.1. The van der Waals surface area contributed by atoms with Crippen LogP contribution >= 0.6 is 34.8 Å². The van der Waals surface area contributed by atoms with E-state index in [-0.39, 0.29) is 39.5 Å². The van der Waals surface area contributed by atoms with E-state index < -0.39 is 28.5 Å². The number of amides is 2. The molecule has 0 radical (unpaired) electrons. The second-order valence-corrected chi connectivity index (χ2v) is 12.7. The number of benzene rings is 4. The fraction of sp³-hybridized carbons (Fsp3) is 0.188. The summed E-state index contributed by atoms with van der Waals surface area (Å²) in [6.45, 7) is 1.51. The molecule has 0 bridgehead atoms. The summed E-state index contributed by atoms with van der Waals surface area (Å²) in [5.41, 5.74) is 1.58. The number of likely N-dealkylation sites (N-methyl/N-ethyl adjacent to an activating group) is 1. The van der Waals surface area contributed by atoms with E-state index in [2.05, 4.69) is 5.32 Å². The maximum Gasteiger partial charge on any atom is 0.264 e. The monoisotopic (exact) mass is 657 g/mol. The Labute approximate surface area is 267 Å². The highest BCUT2D eigenvalue weighted by Crippen LogP contribution is 2.35. The Bertz CT molecular complexity index is 1650. The van der Waals surface area contributed by atoms with Gasteiger partial charge in [-0.25, -0.2) is 8.42 Å². The smallest absolute Gasteiger partial charge is 0.264 e. The molecule has 4 rings (SSSR count). The predicted octanol–water partition coefficient (Wildman–Crippen LogP) is 6.62. The average Bonchev–Trinajstić information content (AvgIpc) is 3.01. The third-order valence-electron chi connectivity index (χ3n) is 6.70. The summed E-state index contributed by atoms with van der Waals surface area (Å²) in [6, 6.07) is 27.5. The number of carbonyl (C=O) groups excluding carboxylic acids is 2. The van der Waals surface area contributed by atoms with Gasteiger partial charge < -0.3 is 10.2 Å². The first-order chi connectivity index (χ1) is 20.6. The molecule has 0 saturated carbocycles. The van der Waals surface area contributed by atoms with E-state index in [1.807, 2.05) is 30.3 Å². The van der Waals surface area contributed by atoms with Gasteiger partial charge in [-0.3, -0.25) is 13.9 Å². The Hall–Kier alpha value is -3.56. The lowest BCUT2D eigenvalue weighted by Gasteiger charge is -2.34. The summed E-state index contributed by atoms with van der Waals surface area (Å²) in [7, 11) is -4.29. The van der Waals surface area contributed by atoms with E-state index in [1.54, 1.807) is 55.5 Å². The van der Waals surface area contributed by atoms with Gasteiger partial charge in [0.15, 0.2) is 0 Å². The molecule has 0 spiro atoms. The van der Waals surface area contributed by atoms with E-state index in [0.717, 1.165) is 9.87 Å². The average molecular weight is 659 g/mol. The summed E-state index contributed by atoms with van der Waals surface area (Å²) >= 11 is 18.9. The van der Waals surface area contributed by atoms with Crippen molar-refractivity contribution < 1.29 is 18.0 Å². The summed E-state index contributed by atoms with van der Waals surface area (Å²) in [4.78, 5) is 29.2. The fourth-order valence-corrected chi connectivity index (χ4v) is 6.57. The van der Waals surface area contributed by atoms with E-state index in [0.29, 0.717) is 17.1 Å². The van der Waals surface area contributed by atoms with Crippen LogP contribution in [0.25, 0.3) is 0 Å². The van der Waals surface area contributed by atoms with Crippen molar-refractivity contribution in [1.82, 2.24) is 10.2 Å². The maximum absolute atomic E-state index is 14.4. The fourth-order valence-electron chi connectivity index (χ4n) is 4.55. The number of anilines is 1. The Balaban J connectivity index is 1.81. The van der Waals surface area contributed by atoms with Gasteiger partial charge >= 0.3 is 0 Å². The highest BCUT2D eigenvalue weighted by molar-refractivity contribution is 7.92. The highest BCUT2D eigenvalue weighted by Gasteiger charge is 2.35. The van der Waals surface area contributed by atoms with Crippen molar-refractivity contribution in [2.24, 2.45) is 0 Å². The molecule has 4 aromatic carbocycles. The van der Waals surface area contributed by atoms with Crippen molar-refractivity contribution in [2.75, 3.05) is 17.4 Å². The van der Waals surface area contributed by atoms with Crippen molar-refractivity contribution in [3.8, 4) is 0 Å². The van der Waals surface area contributed by atoms with Crippen LogP contribution in [0.15, 0.2) is 108 Å². The number of nitrogens with one attached hydrogen (secondary N) is 1. The standard InChI is InChI=1S/C32H30Cl3N3O4S/c1-2-36-32(40)29(20-23-10-5-3-6-11-23)37(21-24-16-18-25(33)19-17-24)30(39)22-38(28-15-9-14-27(34)31(28)35)43(41,42)26-12-7-4-8-13-26/h3-19,29H,2,20-22H2,1H3,(H,36,40)/t29-/m1/s1. The van der Waals surface area contributed by atoms with Gasteiger partial charge in [0.2, 0.25) is 11.8 Å². The van der Waals surface area contributed by atoms with E-state index in [4.69, 9.17) is 34.8 Å². The first-order valence-corrected chi connectivity index (χ1v) is 16.1. The van der Waals surface area contributed by atoms with Crippen molar-refractivity contribution in [3.63, 3.8) is 0 Å². The first kappa shape index (κ1) is 32.4. The van der Waals surface area contributed by atoms with Crippen LogP contribution in [0, 0.1) is 0 Å². The van der Waals surface area contributed by atoms with Gasteiger partial charge in [0.05, 0.1) is 20.6 Å². The van der Waals surface area contributed by atoms with Crippen LogP contribution in [0.3, 0.4) is 0 Å². The molecule has 0 aromatic heterocycles. The van der Waals surface area contributed by atoms with Gasteiger partial charge in [-0.05, 0) is 54.4 Å². The maximum atomic E-state index is 14.4. The molecule has 1 N–H and O–H groups in total. The molecule has 0 aliphatic carbocycles. The molecule has 0 aliphatic rings. The molecule has 2 amide bonds. The lowest BCUT2D eigenvalue weighted by molar-refractivity contribution is -0.140. The summed E-state index contributed by atoms with van der Waals surface area (Å²) in [5, 5.41) is 3.45. The number of halogens is 3. The Morgan fingerprint density at radius 2 is 1.42 bits per heavy atom. The second-order valence-electron chi connectivity index (χ2n) is 9.65. The summed E-state index contributed by atoms with van der Waals surface area (Å²) in [5.74, 6) is -0.982. The van der Waals surface area contributed by atoms with Gasteiger partial charge in [-0.1, -0.05) is 102 Å². The summed E-state index contributed by atoms with van der Waals surface area (Å²) in [6.07, 6.45) is 0.204. The number of carbonyl (C=O) groups is 2. The van der Waals surface area contributed by atoms with Crippen LogP contribution < -0.4 is 9.62 Å². The van der Waals surface area contributed by atoms with Gasteiger partial charge in [0, 0.05) is 24.5 Å². The summed E-state index contributed by atoms with van der Waals surface area (Å²) < 4.78 is 28.9. The molecule has 1 atom stereocenters. The number of hydrogen-bond donors (Lipinski definition) is 1. The molecule has 0 heterocycles. The minimum atomic E-state index is -4.29. The zero-order chi connectivity index (χ0) is 31.0. The Morgan fingerprint density at radius 1 is 0.791 bits per heavy atom. The quantitative estimate of drug-likeness (QED) is 0.185. The minimum absolute atomic E-state index is 0.0210. The predicted molar refractivity (Wildman–Crippen MR) is 172 cm³/mol. The number of sulfonamides is 1. The van der Waals surface area contributed by atoms with E-state index >= 15 is 0 Å². The van der Waals surface area contributed by atoms with Crippen LogP contribution in [-0.2, 0) is 32.6 Å². The Morgan fingerprint density at radius 3 is 2.05 bits per heavy atom. The van der Waals surface area contributed by atoms with Crippen LogP contribution in [0.1, 0.15) is 18.1 Å². The van der Waals surface area contributed by atoms with Crippen molar-refractivity contribution in [2.45, 2.75) is 30.8 Å². The molecule has 0 unspecified atom stereocenters. The van der Waals surface area contributed by atoms with Crippen molar-refractivity contribution in [1.29, 1.82) is 0 Å². The van der Waals surface area contributed by atoms with Gasteiger partial charge in [0.25, 0.3) is 10.0 Å². The SMILES string of the molecule is CCNC(=O)[C@@H](Cc1ccccc1)N(Cc1ccc(Cl)cc1)C(=O)CN(c1cccc(Cl)c1Cl)S(=O)(=O)c1ccccc1. The van der Waals surface area contributed by atoms with E-state index in [9.17, 15) is 18.0 Å². The van der Waals surface area contributed by atoms with E-state index in [1.165, 1.54) is 29.2 Å². The number of nitrogens with zero attached hydrogens (tertiary/aromatic N) is 2. The molecular weight excluding hydrogens is 629 g/mol. The highest BCUT2D eigenvalue weighted by atomic mass is 35.5. The van der Waals surface area contributed by atoms with Crippen LogP contribution in [0.4, 0.5) is 5.69 Å². The lowest BCUT2D eigenvalue weighted by Crippen LogP contribution is -2.53. The number of hydrogen-bond acceptors (Lipinski definition) is 4. The molecule has 43 heavy (non-hydrogen) atoms. The normalized spacial score (nSPS) is 11.9. The minimum Gasteiger partial charge on any atom is -0.355 e. The third kappa shape index (κ3) is 8.09. The second kappa shape index (κ2) is 14.8. The topological polar surface area (TPSA) is 86.8 Å². The van der Waals surface area contributed by atoms with Crippen LogP contribution in [0.2, 0.25) is 15.1 Å². The van der Waals surface area contributed by atoms with Gasteiger partial charge in [-0.2, -0.15) is 0 Å². The molecule has 224 valence electrons. The first-order valence-electron chi connectivity index (χ1n) is 13.5. The molecular formula is C32H30Cl3N3O4S. The van der Waals surface area contributed by atoms with Crippen LogP contribution in [-0.4, -0.2) is 44.3 Å². The zero-order valence-electron chi connectivity index (χ0n) is 23.3. The third-order valence-corrected chi connectivity index (χ3v) is 9.53. The van der Waals surface area contributed by atoms with Crippen LogP contribution in [0.5, 0.6) is 0 Å². The molecule has 0 fully saturated rings. The van der Waals surface area contributed by atoms with Gasteiger partial charge in [-0.15, -0.1) is 0 Å². The molecule has 11 heteroatoms. The van der Waals surface area contributed by atoms with Gasteiger partial charge in [0.1, 0.15) is 12.6 Å². The van der Waals surface area contributed by atoms with Crippen molar-refractivity contribution in [3.05, 3.63) is 129 Å². The zero-order valence-corrected chi connectivity index (χ0v) is 26.4. The lowest BCUT2D eigenvalue weighted by atomic mass is 10.0. The molecule has 0 saturated heterocycles. The molecule has 0 aliphatic heterocycles. The molecule has 4 aromatic rings. The largest absolute Gasteiger partial charge is 0.355 e. The molecule has 7 nitrogen and oxygen atoms in total. The van der Waals surface area contributed by atoms with Crippen molar-refractivity contribution >= 4 is 62.3 Å². The number of rotatable bonds is 12.